The van der Waals surface area contributed by atoms with Gasteiger partial charge >= 0.3 is 0 Å². The number of aromatic nitrogens is 1. The molecule has 1 aromatic rings. The number of allylic oxidation sites excluding steroid dienone is 1. The van der Waals surface area contributed by atoms with E-state index in [9.17, 15) is 0 Å². The summed E-state index contributed by atoms with van der Waals surface area (Å²) in [5.41, 5.74) is 1.17. The fourth-order valence-electron chi connectivity index (χ4n) is 0.633. The standard InChI is InChI=1S/C6H9NS.C3H6.2C2H6.C2H4/c1-4-5(2)8-6(3)7-4;1-3-2;3*1-2/h1-3H3;3H,1H2,2H3;2*1-2H3;1-2H2. The molecule has 0 saturated heterocycles. The third kappa shape index (κ3) is 21.0. The van der Waals surface area contributed by atoms with E-state index < -0.39 is 0 Å². The minimum absolute atomic E-state index is 1.17. The van der Waals surface area contributed by atoms with Crippen molar-refractivity contribution in [2.45, 2.75) is 55.4 Å². The molecule has 1 aromatic heterocycles. The number of thiazole rings is 1. The SMILES string of the molecule is C=C.C=CC.CC.CC.Cc1nc(C)c(C)s1. The minimum atomic E-state index is 1.17. The summed E-state index contributed by atoms with van der Waals surface area (Å²) in [5, 5.41) is 1.17. The van der Waals surface area contributed by atoms with Crippen molar-refractivity contribution in [1.82, 2.24) is 4.98 Å². The lowest BCUT2D eigenvalue weighted by atomic mass is 10.4. The maximum Gasteiger partial charge on any atom is 0.0899 e. The molecule has 0 aliphatic heterocycles. The van der Waals surface area contributed by atoms with Crippen LogP contribution in [0.4, 0.5) is 0 Å². The van der Waals surface area contributed by atoms with E-state index in [1.54, 1.807) is 17.4 Å². The van der Waals surface area contributed by atoms with Crippen LogP contribution >= 0.6 is 11.3 Å². The quantitative estimate of drug-likeness (QED) is 0.510. The Morgan fingerprint density at radius 3 is 1.35 bits per heavy atom. The van der Waals surface area contributed by atoms with Gasteiger partial charge in [0.1, 0.15) is 0 Å². The molecule has 1 heterocycles. The first kappa shape index (κ1) is 25.1. The van der Waals surface area contributed by atoms with Crippen LogP contribution in [-0.4, -0.2) is 4.98 Å². The maximum atomic E-state index is 4.23. The van der Waals surface area contributed by atoms with Crippen molar-refractivity contribution in [1.29, 1.82) is 0 Å². The Kier molecular flexibility index (Phi) is 36.0. The average Bonchev–Trinajstić information content (AvgIpc) is 2.65. The van der Waals surface area contributed by atoms with E-state index in [-0.39, 0.29) is 0 Å². The molecule has 17 heavy (non-hydrogen) atoms. The molecular weight excluding hydrogens is 226 g/mol. The van der Waals surface area contributed by atoms with Gasteiger partial charge in [0.2, 0.25) is 0 Å². The predicted molar refractivity (Wildman–Crippen MR) is 86.1 cm³/mol. The molecule has 1 nitrogen and oxygen atoms in total. The lowest BCUT2D eigenvalue weighted by Crippen LogP contribution is -1.71. The lowest BCUT2D eigenvalue weighted by molar-refractivity contribution is 1.18. The van der Waals surface area contributed by atoms with Crippen LogP contribution in [0.25, 0.3) is 0 Å². The summed E-state index contributed by atoms with van der Waals surface area (Å²) in [4.78, 5) is 5.56. The van der Waals surface area contributed by atoms with E-state index in [1.165, 1.54) is 15.6 Å². The summed E-state index contributed by atoms with van der Waals surface area (Å²) in [6, 6.07) is 0. The van der Waals surface area contributed by atoms with E-state index in [1.807, 2.05) is 48.5 Å². The van der Waals surface area contributed by atoms with Gasteiger partial charge in [-0.25, -0.2) is 4.98 Å². The number of nitrogens with zero attached hydrogens (tertiary/aromatic N) is 1. The molecule has 0 aliphatic carbocycles. The zero-order valence-electron chi connectivity index (χ0n) is 13.1. The van der Waals surface area contributed by atoms with Crippen LogP contribution in [0.3, 0.4) is 0 Å². The van der Waals surface area contributed by atoms with Gasteiger partial charge in [-0.05, 0) is 27.7 Å². The minimum Gasteiger partial charge on any atom is -0.247 e. The molecule has 0 saturated carbocycles. The van der Waals surface area contributed by atoms with E-state index in [2.05, 4.69) is 31.6 Å². The van der Waals surface area contributed by atoms with Crippen LogP contribution in [0, 0.1) is 20.8 Å². The molecule has 0 unspecified atom stereocenters. The van der Waals surface area contributed by atoms with E-state index in [4.69, 9.17) is 0 Å². The second-order valence-corrected chi connectivity index (χ2v) is 3.69. The van der Waals surface area contributed by atoms with Gasteiger partial charge in [0.25, 0.3) is 0 Å². The Labute approximate surface area is 113 Å². The van der Waals surface area contributed by atoms with Crippen LogP contribution in [0.1, 0.15) is 50.2 Å². The highest BCUT2D eigenvalue weighted by molar-refractivity contribution is 7.11. The van der Waals surface area contributed by atoms with Crippen molar-refractivity contribution < 1.29 is 0 Å². The maximum absolute atomic E-state index is 4.23. The van der Waals surface area contributed by atoms with Crippen LogP contribution in [0.2, 0.25) is 0 Å². The Balaban J connectivity index is -0.0000000801. The Morgan fingerprint density at radius 2 is 1.29 bits per heavy atom. The van der Waals surface area contributed by atoms with Crippen molar-refractivity contribution in [3.63, 3.8) is 0 Å². The molecule has 1 rings (SSSR count). The van der Waals surface area contributed by atoms with Gasteiger partial charge in [0.05, 0.1) is 10.7 Å². The van der Waals surface area contributed by atoms with Gasteiger partial charge in [-0.1, -0.05) is 33.8 Å². The van der Waals surface area contributed by atoms with Gasteiger partial charge in [-0.15, -0.1) is 31.1 Å². The third-order valence-electron chi connectivity index (χ3n) is 1.14. The fourth-order valence-corrected chi connectivity index (χ4v) is 1.45. The van der Waals surface area contributed by atoms with Gasteiger partial charge in [-0.3, -0.25) is 0 Å². The van der Waals surface area contributed by atoms with Gasteiger partial charge in [0.15, 0.2) is 0 Å². The first-order chi connectivity index (χ1) is 8.11. The van der Waals surface area contributed by atoms with Crippen LogP contribution < -0.4 is 0 Å². The predicted octanol–water partition coefficient (Wildman–Crippen LogP) is 6.12. The van der Waals surface area contributed by atoms with Crippen molar-refractivity contribution >= 4 is 11.3 Å². The Hall–Kier alpha value is -0.890. The summed E-state index contributed by atoms with van der Waals surface area (Å²) in [6.07, 6.45) is 1.75. The first-order valence-electron chi connectivity index (χ1n) is 6.09. The monoisotopic (exact) mass is 257 g/mol. The molecule has 2 heteroatoms. The molecule has 0 radical (unpaired) electrons. The molecule has 0 amide bonds. The second kappa shape index (κ2) is 24.4. The third-order valence-corrected chi connectivity index (χ3v) is 2.12. The van der Waals surface area contributed by atoms with E-state index in [0.29, 0.717) is 0 Å². The number of hydrogen-bond donors (Lipinski definition) is 0. The van der Waals surface area contributed by atoms with Crippen molar-refractivity contribution in [3.8, 4) is 0 Å². The lowest BCUT2D eigenvalue weighted by Gasteiger charge is -1.77. The first-order valence-corrected chi connectivity index (χ1v) is 6.91. The normalized spacial score (nSPS) is 6.35. The molecule has 0 N–H and O–H groups in total. The molecule has 102 valence electrons. The number of aryl methyl sites for hydroxylation is 3. The molecule has 0 bridgehead atoms. The Morgan fingerprint density at radius 1 is 1.00 bits per heavy atom. The highest BCUT2D eigenvalue weighted by Crippen LogP contribution is 2.14. The molecule has 0 atom stereocenters. The van der Waals surface area contributed by atoms with Crippen LogP contribution in [0.5, 0.6) is 0 Å². The van der Waals surface area contributed by atoms with Gasteiger partial charge in [-0.2, -0.15) is 0 Å². The highest BCUT2D eigenvalue weighted by Gasteiger charge is 1.95. The van der Waals surface area contributed by atoms with Crippen molar-refractivity contribution in [2.24, 2.45) is 0 Å². The van der Waals surface area contributed by atoms with E-state index in [0.717, 1.165) is 0 Å². The molecule has 0 spiro atoms. The highest BCUT2D eigenvalue weighted by atomic mass is 32.1. The number of hydrogen-bond acceptors (Lipinski definition) is 2. The van der Waals surface area contributed by atoms with Crippen LogP contribution in [0.15, 0.2) is 25.8 Å². The van der Waals surface area contributed by atoms with Gasteiger partial charge < -0.3 is 0 Å². The zero-order valence-corrected chi connectivity index (χ0v) is 13.9. The topological polar surface area (TPSA) is 12.9 Å². The molecule has 0 aliphatic rings. The summed E-state index contributed by atoms with van der Waals surface area (Å²) in [7, 11) is 0. The summed E-state index contributed by atoms with van der Waals surface area (Å²) >= 11 is 1.76. The van der Waals surface area contributed by atoms with Crippen LogP contribution in [-0.2, 0) is 0 Å². The molecular formula is C15H31NS. The second-order valence-electron chi connectivity index (χ2n) is 2.28. The zero-order chi connectivity index (χ0) is 14.9. The number of rotatable bonds is 0. The largest absolute Gasteiger partial charge is 0.247 e. The van der Waals surface area contributed by atoms with Gasteiger partial charge in [0, 0.05) is 4.88 Å². The smallest absolute Gasteiger partial charge is 0.0899 e. The molecule has 0 aromatic carbocycles. The summed E-state index contributed by atoms with van der Waals surface area (Å²) in [6.45, 7) is 25.4. The van der Waals surface area contributed by atoms with Crippen molar-refractivity contribution in [2.75, 3.05) is 0 Å². The summed E-state index contributed by atoms with van der Waals surface area (Å²) in [5.74, 6) is 0. The van der Waals surface area contributed by atoms with Crippen molar-refractivity contribution in [3.05, 3.63) is 41.4 Å². The molecule has 0 fully saturated rings. The summed E-state index contributed by atoms with van der Waals surface area (Å²) < 4.78 is 0. The Bertz CT molecular complexity index is 220. The van der Waals surface area contributed by atoms with E-state index >= 15 is 0 Å². The average molecular weight is 257 g/mol. The fraction of sp³-hybridized carbons (Fsp3) is 0.533.